The molecule has 4 rings (SSSR count). The van der Waals surface area contributed by atoms with Crippen molar-refractivity contribution in [1.82, 2.24) is 9.97 Å². The molecule has 6 heteroatoms. The summed E-state index contributed by atoms with van der Waals surface area (Å²) in [6.45, 7) is 0. The minimum absolute atomic E-state index is 0.196. The summed E-state index contributed by atoms with van der Waals surface area (Å²) < 4.78 is 0.882. The van der Waals surface area contributed by atoms with Gasteiger partial charge in [0.1, 0.15) is 5.82 Å². The van der Waals surface area contributed by atoms with Gasteiger partial charge in [-0.1, -0.05) is 35.9 Å². The van der Waals surface area contributed by atoms with Crippen molar-refractivity contribution in [1.29, 1.82) is 0 Å². The molecule has 2 N–H and O–H groups in total. The number of benzene rings is 3. The van der Waals surface area contributed by atoms with Gasteiger partial charge < -0.3 is 10.3 Å². The van der Waals surface area contributed by atoms with Crippen molar-refractivity contribution in [2.75, 3.05) is 5.32 Å². The highest BCUT2D eigenvalue weighted by Crippen LogP contribution is 2.29. The van der Waals surface area contributed by atoms with Crippen LogP contribution in [0.15, 0.2) is 66.7 Å². The van der Waals surface area contributed by atoms with E-state index >= 15 is 0 Å². The molecule has 0 aliphatic carbocycles. The van der Waals surface area contributed by atoms with Gasteiger partial charge in [0, 0.05) is 9.13 Å². The number of carbonyl (C=O) groups is 1. The lowest BCUT2D eigenvalue weighted by atomic mass is 10.1. The molecule has 1 heterocycles. The van der Waals surface area contributed by atoms with E-state index in [1.807, 2.05) is 54.6 Å². The van der Waals surface area contributed by atoms with Gasteiger partial charge in [-0.15, -0.1) is 0 Å². The molecule has 0 fully saturated rings. The standard InChI is InChI=1S/C20H13ClIN3O/c21-14-10-9-12(19-23-16-7-3-4-8-17(16)24-19)11-18(14)25-20(26)13-5-1-2-6-15(13)22/h1-11H,(H,23,24)(H,25,26). The molecule has 0 saturated carbocycles. The summed E-state index contributed by atoms with van der Waals surface area (Å²) in [5.74, 6) is 0.534. The second-order valence-electron chi connectivity index (χ2n) is 5.73. The first-order chi connectivity index (χ1) is 12.6. The summed E-state index contributed by atoms with van der Waals surface area (Å²) in [7, 11) is 0. The van der Waals surface area contributed by atoms with Gasteiger partial charge in [-0.05, 0) is 65.1 Å². The van der Waals surface area contributed by atoms with Crippen LogP contribution in [-0.4, -0.2) is 15.9 Å². The molecule has 128 valence electrons. The zero-order valence-corrected chi connectivity index (χ0v) is 16.4. The van der Waals surface area contributed by atoms with Gasteiger partial charge in [0.05, 0.1) is 27.3 Å². The normalized spacial score (nSPS) is 10.8. The van der Waals surface area contributed by atoms with Crippen LogP contribution in [0, 0.1) is 3.57 Å². The Morgan fingerprint density at radius 3 is 2.62 bits per heavy atom. The third-order valence-electron chi connectivity index (χ3n) is 4.00. The number of para-hydroxylation sites is 2. The molecule has 4 nitrogen and oxygen atoms in total. The Morgan fingerprint density at radius 1 is 1.04 bits per heavy atom. The van der Waals surface area contributed by atoms with Crippen molar-refractivity contribution in [3.8, 4) is 11.4 Å². The molecule has 1 amide bonds. The van der Waals surface area contributed by atoms with Crippen LogP contribution in [0.25, 0.3) is 22.4 Å². The topological polar surface area (TPSA) is 57.8 Å². The number of nitrogens with one attached hydrogen (secondary N) is 2. The summed E-state index contributed by atoms with van der Waals surface area (Å²) in [6, 6.07) is 20.7. The van der Waals surface area contributed by atoms with E-state index in [-0.39, 0.29) is 5.91 Å². The number of hydrogen-bond donors (Lipinski definition) is 2. The SMILES string of the molecule is O=C(Nc1cc(-c2nc3ccccc3[nH]2)ccc1Cl)c1ccccc1I. The molecule has 4 aromatic rings. The zero-order chi connectivity index (χ0) is 18.1. The Hall–Kier alpha value is -2.38. The predicted molar refractivity (Wildman–Crippen MR) is 114 cm³/mol. The first-order valence-corrected chi connectivity index (χ1v) is 9.38. The van der Waals surface area contributed by atoms with Crippen LogP contribution in [-0.2, 0) is 0 Å². The average Bonchev–Trinajstić information content (AvgIpc) is 3.08. The Labute approximate surface area is 168 Å². The summed E-state index contributed by atoms with van der Waals surface area (Å²) in [6.07, 6.45) is 0. The third kappa shape index (κ3) is 3.32. The van der Waals surface area contributed by atoms with E-state index in [4.69, 9.17) is 11.6 Å². The Morgan fingerprint density at radius 2 is 1.81 bits per heavy atom. The molecule has 0 aliphatic heterocycles. The largest absolute Gasteiger partial charge is 0.338 e. The number of amides is 1. The van der Waals surface area contributed by atoms with Crippen LogP contribution in [0.1, 0.15) is 10.4 Å². The van der Waals surface area contributed by atoms with E-state index in [2.05, 4.69) is 37.9 Å². The fraction of sp³-hybridized carbons (Fsp3) is 0. The molecule has 1 aromatic heterocycles. The maximum Gasteiger partial charge on any atom is 0.256 e. The van der Waals surface area contributed by atoms with Crippen molar-refractivity contribution >= 4 is 56.8 Å². The molecule has 0 saturated heterocycles. The first kappa shape index (κ1) is 17.1. The van der Waals surface area contributed by atoms with Gasteiger partial charge in [0.15, 0.2) is 0 Å². The zero-order valence-electron chi connectivity index (χ0n) is 13.5. The molecule has 26 heavy (non-hydrogen) atoms. The number of hydrogen-bond acceptors (Lipinski definition) is 2. The van der Waals surface area contributed by atoms with Crippen LogP contribution in [0.4, 0.5) is 5.69 Å². The number of H-pyrrole nitrogens is 1. The number of rotatable bonds is 3. The van der Waals surface area contributed by atoms with Crippen LogP contribution >= 0.6 is 34.2 Å². The van der Waals surface area contributed by atoms with Gasteiger partial charge >= 0.3 is 0 Å². The van der Waals surface area contributed by atoms with Gasteiger partial charge in [-0.2, -0.15) is 0 Å². The minimum Gasteiger partial charge on any atom is -0.338 e. The van der Waals surface area contributed by atoms with E-state index in [0.717, 1.165) is 26.0 Å². The predicted octanol–water partition coefficient (Wildman–Crippen LogP) is 5.74. The van der Waals surface area contributed by atoms with Crippen molar-refractivity contribution in [3.63, 3.8) is 0 Å². The number of aromatic amines is 1. The Kier molecular flexibility index (Phi) is 4.65. The Balaban J connectivity index is 1.68. The summed E-state index contributed by atoms with van der Waals surface area (Å²) in [5, 5.41) is 3.37. The summed E-state index contributed by atoms with van der Waals surface area (Å²) in [5.41, 5.74) is 3.86. The van der Waals surface area contributed by atoms with Crippen LogP contribution in [0.2, 0.25) is 5.02 Å². The van der Waals surface area contributed by atoms with Gasteiger partial charge in [0.25, 0.3) is 5.91 Å². The number of nitrogens with zero attached hydrogens (tertiary/aromatic N) is 1. The van der Waals surface area contributed by atoms with E-state index < -0.39 is 0 Å². The van der Waals surface area contributed by atoms with Gasteiger partial charge in [-0.25, -0.2) is 4.98 Å². The maximum absolute atomic E-state index is 12.6. The highest BCUT2D eigenvalue weighted by molar-refractivity contribution is 14.1. The number of anilines is 1. The monoisotopic (exact) mass is 473 g/mol. The second kappa shape index (κ2) is 7.09. The highest BCUT2D eigenvalue weighted by atomic mass is 127. The maximum atomic E-state index is 12.6. The fourth-order valence-electron chi connectivity index (χ4n) is 2.69. The lowest BCUT2D eigenvalue weighted by molar-refractivity contribution is 0.102. The molecule has 0 unspecified atom stereocenters. The summed E-state index contributed by atoms with van der Waals surface area (Å²) >= 11 is 8.43. The number of aromatic nitrogens is 2. The number of fused-ring (bicyclic) bond motifs is 1. The van der Waals surface area contributed by atoms with Crippen molar-refractivity contribution in [2.45, 2.75) is 0 Å². The van der Waals surface area contributed by atoms with E-state index in [1.54, 1.807) is 12.1 Å². The Bertz CT molecular complexity index is 1090. The molecule has 0 radical (unpaired) electrons. The fourth-order valence-corrected chi connectivity index (χ4v) is 3.49. The molecule has 0 aliphatic rings. The first-order valence-electron chi connectivity index (χ1n) is 7.92. The molecule has 0 bridgehead atoms. The highest BCUT2D eigenvalue weighted by Gasteiger charge is 2.13. The smallest absolute Gasteiger partial charge is 0.256 e. The number of imidazole rings is 1. The molecular weight excluding hydrogens is 461 g/mol. The van der Waals surface area contributed by atoms with Gasteiger partial charge in [0.2, 0.25) is 0 Å². The lowest BCUT2D eigenvalue weighted by Crippen LogP contribution is -2.13. The molecule has 0 atom stereocenters. The molecule has 0 spiro atoms. The van der Waals surface area contributed by atoms with Crippen LogP contribution < -0.4 is 5.32 Å². The van der Waals surface area contributed by atoms with Crippen molar-refractivity contribution in [2.24, 2.45) is 0 Å². The average molecular weight is 474 g/mol. The molecule has 3 aromatic carbocycles. The lowest BCUT2D eigenvalue weighted by Gasteiger charge is -2.10. The third-order valence-corrected chi connectivity index (χ3v) is 5.27. The summed E-state index contributed by atoms with van der Waals surface area (Å²) in [4.78, 5) is 20.5. The minimum atomic E-state index is -0.196. The van der Waals surface area contributed by atoms with E-state index in [9.17, 15) is 4.79 Å². The van der Waals surface area contributed by atoms with Crippen LogP contribution in [0.5, 0.6) is 0 Å². The van der Waals surface area contributed by atoms with Crippen LogP contribution in [0.3, 0.4) is 0 Å². The van der Waals surface area contributed by atoms with E-state index in [0.29, 0.717) is 16.3 Å². The number of halogens is 2. The second-order valence-corrected chi connectivity index (χ2v) is 7.30. The van der Waals surface area contributed by atoms with E-state index in [1.165, 1.54) is 0 Å². The molecular formula is C20H13ClIN3O. The van der Waals surface area contributed by atoms with Gasteiger partial charge in [-0.3, -0.25) is 4.79 Å². The number of carbonyl (C=O) groups excluding carboxylic acids is 1. The van der Waals surface area contributed by atoms with Crippen molar-refractivity contribution < 1.29 is 4.79 Å². The van der Waals surface area contributed by atoms with Crippen molar-refractivity contribution in [3.05, 3.63) is 80.9 Å². The quantitative estimate of drug-likeness (QED) is 0.373.